The predicted octanol–water partition coefficient (Wildman–Crippen LogP) is 3.60. The van der Waals surface area contributed by atoms with Crippen molar-refractivity contribution in [3.8, 4) is 0 Å². The maximum absolute atomic E-state index is 6.11. The molecule has 1 aliphatic heterocycles. The van der Waals surface area contributed by atoms with Crippen LogP contribution in [0.2, 0.25) is 0 Å². The molecule has 0 aromatic heterocycles. The molecule has 1 saturated carbocycles. The monoisotopic (exact) mass is 226 g/mol. The van der Waals surface area contributed by atoms with E-state index in [0.29, 0.717) is 11.3 Å². The number of hydrogen-bond acceptors (Lipinski definition) is 2. The van der Waals surface area contributed by atoms with Gasteiger partial charge in [-0.25, -0.2) is 0 Å². The van der Waals surface area contributed by atoms with E-state index in [0.717, 1.165) is 26.1 Å². The van der Waals surface area contributed by atoms with Crippen molar-refractivity contribution < 1.29 is 9.47 Å². The highest BCUT2D eigenvalue weighted by Crippen LogP contribution is 2.48. The van der Waals surface area contributed by atoms with Crippen molar-refractivity contribution in [2.24, 2.45) is 16.7 Å². The lowest BCUT2D eigenvalue weighted by molar-refractivity contribution is -0.325. The van der Waals surface area contributed by atoms with E-state index in [-0.39, 0.29) is 11.2 Å². The molecule has 1 saturated heterocycles. The van der Waals surface area contributed by atoms with E-state index in [1.54, 1.807) is 0 Å². The zero-order valence-corrected chi connectivity index (χ0v) is 11.4. The van der Waals surface area contributed by atoms with Crippen molar-refractivity contribution in [3.63, 3.8) is 0 Å². The van der Waals surface area contributed by atoms with E-state index in [4.69, 9.17) is 9.47 Å². The molecule has 1 spiro atoms. The molecule has 1 aliphatic carbocycles. The van der Waals surface area contributed by atoms with Gasteiger partial charge in [-0.05, 0) is 17.8 Å². The first-order chi connectivity index (χ1) is 7.22. The smallest absolute Gasteiger partial charge is 0.169 e. The quantitative estimate of drug-likeness (QED) is 0.628. The van der Waals surface area contributed by atoms with Crippen LogP contribution < -0.4 is 0 Å². The van der Waals surface area contributed by atoms with Crippen LogP contribution in [0.3, 0.4) is 0 Å². The van der Waals surface area contributed by atoms with Gasteiger partial charge in [0, 0.05) is 18.3 Å². The Morgan fingerprint density at radius 2 is 1.44 bits per heavy atom. The van der Waals surface area contributed by atoms with Gasteiger partial charge >= 0.3 is 0 Å². The Morgan fingerprint density at radius 1 is 0.875 bits per heavy atom. The van der Waals surface area contributed by atoms with Crippen molar-refractivity contribution in [1.29, 1.82) is 0 Å². The summed E-state index contributed by atoms with van der Waals surface area (Å²) in [6.07, 6.45) is 3.39. The van der Waals surface area contributed by atoms with E-state index < -0.39 is 0 Å². The third-order valence-electron chi connectivity index (χ3n) is 3.76. The van der Waals surface area contributed by atoms with E-state index >= 15 is 0 Å². The van der Waals surface area contributed by atoms with Crippen LogP contribution in [-0.2, 0) is 9.47 Å². The summed E-state index contributed by atoms with van der Waals surface area (Å²) in [5, 5.41) is 0. The molecule has 0 bridgehead atoms. The molecule has 2 fully saturated rings. The van der Waals surface area contributed by atoms with Crippen LogP contribution in [0.1, 0.15) is 53.9 Å². The van der Waals surface area contributed by atoms with Crippen LogP contribution >= 0.6 is 0 Å². The van der Waals surface area contributed by atoms with Crippen molar-refractivity contribution in [1.82, 2.24) is 0 Å². The Kier molecular flexibility index (Phi) is 2.87. The van der Waals surface area contributed by atoms with E-state index in [1.165, 1.54) is 6.42 Å². The number of hydrogen-bond donors (Lipinski definition) is 0. The first-order valence-corrected chi connectivity index (χ1v) is 6.50. The minimum Gasteiger partial charge on any atom is -0.349 e. The highest BCUT2D eigenvalue weighted by atomic mass is 16.7. The van der Waals surface area contributed by atoms with Gasteiger partial charge in [0.25, 0.3) is 0 Å². The lowest BCUT2D eigenvalue weighted by atomic mass is 9.69. The molecule has 2 heteroatoms. The Hall–Kier alpha value is -0.0800. The minimum atomic E-state index is -0.281. The fraction of sp³-hybridized carbons (Fsp3) is 1.00. The topological polar surface area (TPSA) is 18.5 Å². The Morgan fingerprint density at radius 3 is 1.94 bits per heavy atom. The first-order valence-electron chi connectivity index (χ1n) is 6.50. The van der Waals surface area contributed by atoms with Gasteiger partial charge in [-0.3, -0.25) is 0 Å². The predicted molar refractivity (Wildman–Crippen MR) is 65.2 cm³/mol. The molecule has 0 radical (unpaired) electrons. The van der Waals surface area contributed by atoms with Crippen LogP contribution in [0.25, 0.3) is 0 Å². The van der Waals surface area contributed by atoms with Gasteiger partial charge in [-0.1, -0.05) is 34.6 Å². The van der Waals surface area contributed by atoms with E-state index in [1.807, 2.05) is 0 Å². The summed E-state index contributed by atoms with van der Waals surface area (Å²) >= 11 is 0. The van der Waals surface area contributed by atoms with Crippen molar-refractivity contribution >= 4 is 0 Å². The third kappa shape index (κ3) is 2.60. The zero-order chi connectivity index (χ0) is 12.0. The lowest BCUT2D eigenvalue weighted by Gasteiger charge is -2.51. The van der Waals surface area contributed by atoms with Crippen LogP contribution in [0.5, 0.6) is 0 Å². The molecule has 2 rings (SSSR count). The maximum atomic E-state index is 6.11. The molecule has 0 aromatic carbocycles. The van der Waals surface area contributed by atoms with Crippen molar-refractivity contribution in [3.05, 3.63) is 0 Å². The van der Waals surface area contributed by atoms with E-state index in [2.05, 4.69) is 34.6 Å². The molecular weight excluding hydrogens is 200 g/mol. The lowest BCUT2D eigenvalue weighted by Crippen LogP contribution is -2.53. The summed E-state index contributed by atoms with van der Waals surface area (Å²) in [7, 11) is 0. The summed E-state index contributed by atoms with van der Waals surface area (Å²) in [4.78, 5) is 0. The summed E-state index contributed by atoms with van der Waals surface area (Å²) < 4.78 is 12.2. The highest BCUT2D eigenvalue weighted by molar-refractivity contribution is 4.91. The van der Waals surface area contributed by atoms with Crippen LogP contribution in [0.15, 0.2) is 0 Å². The van der Waals surface area contributed by atoms with Crippen LogP contribution in [-0.4, -0.2) is 19.0 Å². The fourth-order valence-electron chi connectivity index (χ4n) is 3.38. The summed E-state index contributed by atoms with van der Waals surface area (Å²) in [6, 6.07) is 0. The van der Waals surface area contributed by atoms with Crippen LogP contribution in [0, 0.1) is 16.7 Å². The summed E-state index contributed by atoms with van der Waals surface area (Å²) in [6.45, 7) is 13.0. The van der Waals surface area contributed by atoms with Gasteiger partial charge in [-0.2, -0.15) is 0 Å². The molecule has 0 N–H and O–H groups in total. The Bertz CT molecular complexity index is 258. The van der Waals surface area contributed by atoms with Gasteiger partial charge in [0.15, 0.2) is 5.79 Å². The average molecular weight is 226 g/mol. The fourth-order valence-corrected chi connectivity index (χ4v) is 3.38. The molecule has 1 unspecified atom stereocenters. The molecule has 2 nitrogen and oxygen atoms in total. The zero-order valence-electron chi connectivity index (χ0n) is 11.4. The highest BCUT2D eigenvalue weighted by Gasteiger charge is 2.48. The molecule has 0 aromatic rings. The number of rotatable bonds is 0. The maximum Gasteiger partial charge on any atom is 0.169 e. The molecule has 2 aliphatic rings. The summed E-state index contributed by atoms with van der Waals surface area (Å²) in [5.41, 5.74) is 0.523. The largest absolute Gasteiger partial charge is 0.349 e. The molecule has 1 atom stereocenters. The van der Waals surface area contributed by atoms with Crippen molar-refractivity contribution in [2.75, 3.05) is 13.2 Å². The number of ether oxygens (including phenoxy) is 2. The summed E-state index contributed by atoms with van der Waals surface area (Å²) in [5.74, 6) is 0.418. The molecule has 16 heavy (non-hydrogen) atoms. The third-order valence-corrected chi connectivity index (χ3v) is 3.76. The normalized spacial score (nSPS) is 36.2. The average Bonchev–Trinajstić information content (AvgIpc) is 2.08. The Balaban J connectivity index is 2.08. The SMILES string of the molecule is CC1CC(C)(C)CC2(C1)OCC(C)(C)CO2. The molecule has 94 valence electrons. The van der Waals surface area contributed by atoms with Gasteiger partial charge in [-0.15, -0.1) is 0 Å². The Labute approximate surface area is 99.7 Å². The van der Waals surface area contributed by atoms with Gasteiger partial charge in [0.05, 0.1) is 13.2 Å². The molecule has 0 amide bonds. The van der Waals surface area contributed by atoms with Crippen molar-refractivity contribution in [2.45, 2.75) is 59.7 Å². The van der Waals surface area contributed by atoms with Gasteiger partial charge in [0.2, 0.25) is 0 Å². The second-order valence-electron chi connectivity index (χ2n) is 7.51. The molecule has 1 heterocycles. The first kappa shape index (κ1) is 12.4. The van der Waals surface area contributed by atoms with Gasteiger partial charge < -0.3 is 9.47 Å². The standard InChI is InChI=1S/C14H26O2/c1-11-6-12(2,3)8-14(7-11)15-9-13(4,5)10-16-14/h11H,6-10H2,1-5H3. The van der Waals surface area contributed by atoms with E-state index in [9.17, 15) is 0 Å². The van der Waals surface area contributed by atoms with Gasteiger partial charge in [0.1, 0.15) is 0 Å². The molecular formula is C14H26O2. The minimum absolute atomic E-state index is 0.177. The second-order valence-corrected chi connectivity index (χ2v) is 7.51. The second kappa shape index (κ2) is 3.71. The van der Waals surface area contributed by atoms with Crippen LogP contribution in [0.4, 0.5) is 0 Å².